The van der Waals surface area contributed by atoms with E-state index < -0.39 is 10.0 Å². The number of nitrogens with zero attached hydrogens (tertiary/aromatic N) is 2. The number of hydrogen-bond donors (Lipinski definition) is 2. The quantitative estimate of drug-likeness (QED) is 0.512. The first-order valence-corrected chi connectivity index (χ1v) is 12.6. The molecule has 1 aliphatic rings. The molecule has 0 bridgehead atoms. The summed E-state index contributed by atoms with van der Waals surface area (Å²) >= 11 is 6.26. The van der Waals surface area contributed by atoms with Gasteiger partial charge in [-0.25, -0.2) is 13.1 Å². The van der Waals surface area contributed by atoms with Gasteiger partial charge in [0.15, 0.2) is 0 Å². The molecule has 8 heteroatoms. The number of nitrogens with one attached hydrogen (secondary N) is 1. The van der Waals surface area contributed by atoms with Gasteiger partial charge in [-0.2, -0.15) is 0 Å². The summed E-state index contributed by atoms with van der Waals surface area (Å²) in [5, 5.41) is 10.8. The first-order chi connectivity index (χ1) is 14.5. The van der Waals surface area contributed by atoms with E-state index in [1.165, 1.54) is 0 Å². The van der Waals surface area contributed by atoms with Crippen molar-refractivity contribution in [3.63, 3.8) is 0 Å². The Morgan fingerprint density at radius 2 is 1.53 bits per heavy atom. The number of unbranched alkanes of at least 4 members (excludes halogenated alkanes) is 3. The topological polar surface area (TPSA) is 72.9 Å². The summed E-state index contributed by atoms with van der Waals surface area (Å²) in [5.74, 6) is 0. The second kappa shape index (κ2) is 11.4. The second-order valence-electron chi connectivity index (χ2n) is 7.81. The van der Waals surface area contributed by atoms with E-state index in [-0.39, 0.29) is 11.5 Å². The molecule has 2 N–H and O–H groups in total. The van der Waals surface area contributed by atoms with Gasteiger partial charge >= 0.3 is 0 Å². The number of benzene rings is 2. The summed E-state index contributed by atoms with van der Waals surface area (Å²) in [5.41, 5.74) is 0. The summed E-state index contributed by atoms with van der Waals surface area (Å²) in [6.07, 6.45) is 4.05. The maximum absolute atomic E-state index is 12.8. The molecule has 0 atom stereocenters. The summed E-state index contributed by atoms with van der Waals surface area (Å²) in [6, 6.07) is 10.6. The third-order valence-corrected chi connectivity index (χ3v) is 7.50. The van der Waals surface area contributed by atoms with Crippen LogP contribution in [0, 0.1) is 0 Å². The lowest BCUT2D eigenvalue weighted by molar-refractivity contribution is 0.111. The Balaban J connectivity index is 1.37. The second-order valence-corrected chi connectivity index (χ2v) is 9.96. The first kappa shape index (κ1) is 23.4. The van der Waals surface area contributed by atoms with E-state index in [4.69, 9.17) is 16.7 Å². The van der Waals surface area contributed by atoms with E-state index in [0.29, 0.717) is 17.0 Å². The molecule has 1 heterocycles. The van der Waals surface area contributed by atoms with Crippen LogP contribution in [0.4, 0.5) is 0 Å². The van der Waals surface area contributed by atoms with Crippen LogP contribution in [0.1, 0.15) is 25.7 Å². The van der Waals surface area contributed by atoms with Gasteiger partial charge in [-0.3, -0.25) is 4.90 Å². The summed E-state index contributed by atoms with van der Waals surface area (Å²) < 4.78 is 28.3. The number of fused-ring (bicyclic) bond motifs is 1. The maximum atomic E-state index is 12.8. The highest BCUT2D eigenvalue weighted by atomic mass is 35.5. The van der Waals surface area contributed by atoms with Crippen LogP contribution in [-0.2, 0) is 10.0 Å². The number of aliphatic hydroxyl groups is 1. The molecule has 1 aliphatic heterocycles. The Labute approximate surface area is 184 Å². The number of piperazine rings is 1. The molecule has 0 radical (unpaired) electrons. The summed E-state index contributed by atoms with van der Waals surface area (Å²) in [4.78, 5) is 5.01. The van der Waals surface area contributed by atoms with Crippen molar-refractivity contribution in [2.24, 2.45) is 0 Å². The van der Waals surface area contributed by atoms with Crippen LogP contribution in [0.25, 0.3) is 10.8 Å². The predicted molar refractivity (Wildman–Crippen MR) is 123 cm³/mol. The normalized spacial score (nSPS) is 16.3. The van der Waals surface area contributed by atoms with Crippen molar-refractivity contribution in [3.8, 4) is 0 Å². The van der Waals surface area contributed by atoms with Gasteiger partial charge in [-0.15, -0.1) is 0 Å². The minimum absolute atomic E-state index is 0.233. The van der Waals surface area contributed by atoms with Crippen molar-refractivity contribution in [3.05, 3.63) is 41.4 Å². The molecule has 0 unspecified atom stereocenters. The van der Waals surface area contributed by atoms with Crippen LogP contribution >= 0.6 is 11.6 Å². The van der Waals surface area contributed by atoms with Gasteiger partial charge in [0.2, 0.25) is 10.0 Å². The Morgan fingerprint density at radius 1 is 0.900 bits per heavy atom. The van der Waals surface area contributed by atoms with Gasteiger partial charge in [0.1, 0.15) is 0 Å². The van der Waals surface area contributed by atoms with Gasteiger partial charge < -0.3 is 10.0 Å². The van der Waals surface area contributed by atoms with Crippen LogP contribution in [0.15, 0.2) is 41.3 Å². The lowest BCUT2D eigenvalue weighted by Crippen LogP contribution is -2.47. The fourth-order valence-electron chi connectivity index (χ4n) is 3.96. The molecule has 1 saturated heterocycles. The number of rotatable bonds is 11. The van der Waals surface area contributed by atoms with Crippen LogP contribution in [0.3, 0.4) is 0 Å². The van der Waals surface area contributed by atoms with Gasteiger partial charge in [-0.05, 0) is 36.9 Å². The highest BCUT2D eigenvalue weighted by Crippen LogP contribution is 2.29. The monoisotopic (exact) mass is 453 g/mol. The number of aliphatic hydroxyl groups excluding tert-OH is 1. The van der Waals surface area contributed by atoms with Crippen LogP contribution in [-0.4, -0.2) is 75.7 Å². The molecule has 1 fully saturated rings. The van der Waals surface area contributed by atoms with Gasteiger partial charge in [0, 0.05) is 49.7 Å². The van der Waals surface area contributed by atoms with E-state index >= 15 is 0 Å². The van der Waals surface area contributed by atoms with E-state index in [9.17, 15) is 8.42 Å². The van der Waals surface area contributed by atoms with Crippen LogP contribution in [0.2, 0.25) is 5.02 Å². The highest BCUT2D eigenvalue weighted by molar-refractivity contribution is 7.89. The zero-order valence-corrected chi connectivity index (χ0v) is 19.0. The fraction of sp³-hybridized carbons (Fsp3) is 0.545. The molecule has 3 rings (SSSR count). The molecule has 2 aromatic carbocycles. The Hall–Kier alpha value is -1.22. The zero-order valence-electron chi connectivity index (χ0n) is 17.4. The van der Waals surface area contributed by atoms with E-state index in [1.54, 1.807) is 18.2 Å². The Kier molecular flexibility index (Phi) is 8.92. The molecule has 2 aromatic rings. The molecule has 0 saturated carbocycles. The molecule has 30 heavy (non-hydrogen) atoms. The lowest BCUT2D eigenvalue weighted by Gasteiger charge is -2.34. The van der Waals surface area contributed by atoms with Gasteiger partial charge in [-0.1, -0.05) is 48.7 Å². The Bertz CT molecular complexity index is 910. The number of sulfonamides is 1. The van der Waals surface area contributed by atoms with Crippen LogP contribution < -0.4 is 4.72 Å². The lowest BCUT2D eigenvalue weighted by atomic mass is 10.1. The standard InChI is InChI=1S/C22H32ClN3O3S/c23-20-9-5-7-19-8-6-10-21(22(19)20)30(28,29)24-11-3-1-2-4-12-25-13-15-26(16-14-25)17-18-27/h5-10,24,27H,1-4,11-18H2. The third kappa shape index (κ3) is 6.39. The molecule has 0 aliphatic carbocycles. The van der Waals surface area contributed by atoms with E-state index in [2.05, 4.69) is 14.5 Å². The van der Waals surface area contributed by atoms with Crippen molar-refractivity contribution in [1.82, 2.24) is 14.5 Å². The van der Waals surface area contributed by atoms with Crippen molar-refractivity contribution in [2.75, 3.05) is 52.4 Å². The number of halogens is 1. The number of hydrogen-bond acceptors (Lipinski definition) is 5. The summed E-state index contributed by atoms with van der Waals surface area (Å²) in [6.45, 7) is 6.71. The summed E-state index contributed by atoms with van der Waals surface area (Å²) in [7, 11) is -3.59. The molecule has 6 nitrogen and oxygen atoms in total. The first-order valence-electron chi connectivity index (χ1n) is 10.7. The fourth-order valence-corrected chi connectivity index (χ4v) is 5.62. The molecule has 0 aromatic heterocycles. The zero-order chi connectivity index (χ0) is 21.4. The Morgan fingerprint density at radius 3 is 2.23 bits per heavy atom. The maximum Gasteiger partial charge on any atom is 0.241 e. The molecule has 0 spiro atoms. The number of β-amino-alcohol motifs (C(OH)–C–C–N with tert-alkyl or cyclic N) is 1. The van der Waals surface area contributed by atoms with Crippen LogP contribution in [0.5, 0.6) is 0 Å². The van der Waals surface area contributed by atoms with Crippen molar-refractivity contribution < 1.29 is 13.5 Å². The van der Waals surface area contributed by atoms with Crippen molar-refractivity contribution >= 4 is 32.4 Å². The molecular weight excluding hydrogens is 422 g/mol. The average molecular weight is 454 g/mol. The van der Waals surface area contributed by atoms with Crippen molar-refractivity contribution in [1.29, 1.82) is 0 Å². The smallest absolute Gasteiger partial charge is 0.241 e. The van der Waals surface area contributed by atoms with Gasteiger partial charge in [0.05, 0.1) is 11.5 Å². The average Bonchev–Trinajstić information content (AvgIpc) is 2.74. The molecule has 166 valence electrons. The molecule has 0 amide bonds. The SMILES string of the molecule is O=S(=O)(NCCCCCCN1CCN(CCO)CC1)c1cccc2cccc(Cl)c12. The minimum Gasteiger partial charge on any atom is -0.395 e. The van der Waals surface area contributed by atoms with E-state index in [0.717, 1.165) is 70.3 Å². The third-order valence-electron chi connectivity index (χ3n) is 5.68. The van der Waals surface area contributed by atoms with E-state index in [1.807, 2.05) is 18.2 Å². The highest BCUT2D eigenvalue weighted by Gasteiger charge is 2.18. The molecular formula is C22H32ClN3O3S. The minimum atomic E-state index is -3.59. The predicted octanol–water partition coefficient (Wildman–Crippen LogP) is 2.94. The van der Waals surface area contributed by atoms with Gasteiger partial charge in [0.25, 0.3) is 0 Å². The largest absolute Gasteiger partial charge is 0.395 e. The van der Waals surface area contributed by atoms with Crippen molar-refractivity contribution in [2.45, 2.75) is 30.6 Å².